The van der Waals surface area contributed by atoms with Crippen LogP contribution in [0.2, 0.25) is 0 Å². The number of rotatable bonds is 5. The number of carbonyl (C=O) groups is 1. The molecule has 2 heterocycles. The molecule has 1 atom stereocenters. The van der Waals surface area contributed by atoms with Crippen LogP contribution in [0.5, 0.6) is 0 Å². The van der Waals surface area contributed by atoms with Gasteiger partial charge in [-0.25, -0.2) is 0 Å². The van der Waals surface area contributed by atoms with Gasteiger partial charge in [0.2, 0.25) is 5.89 Å². The average Bonchev–Trinajstić information content (AvgIpc) is 2.95. The van der Waals surface area contributed by atoms with Gasteiger partial charge in [0.25, 0.3) is 5.89 Å². The Morgan fingerprint density at radius 1 is 1.59 bits per heavy atom. The molecule has 7 nitrogen and oxygen atoms in total. The summed E-state index contributed by atoms with van der Waals surface area (Å²) in [5, 5.41) is 19.0. The Labute approximate surface area is 96.5 Å². The first-order valence-electron chi connectivity index (χ1n) is 4.99. The molecule has 90 valence electrons. The number of nitrogens with one attached hydrogen (secondary N) is 1. The van der Waals surface area contributed by atoms with Crippen LogP contribution in [-0.2, 0) is 11.3 Å². The first kappa shape index (κ1) is 11.3. The molecule has 0 unspecified atom stereocenters. The molecule has 17 heavy (non-hydrogen) atoms. The topological polar surface area (TPSA) is 101 Å². The van der Waals surface area contributed by atoms with E-state index in [-0.39, 0.29) is 12.4 Å². The van der Waals surface area contributed by atoms with Gasteiger partial charge >= 0.3 is 5.97 Å². The van der Waals surface area contributed by atoms with E-state index in [1.54, 1.807) is 12.1 Å². The van der Waals surface area contributed by atoms with Crippen LogP contribution < -0.4 is 5.32 Å². The number of furan rings is 1. The molecule has 2 N–H and O–H groups in total. The van der Waals surface area contributed by atoms with E-state index in [1.165, 1.54) is 13.2 Å². The molecule has 0 aliphatic heterocycles. The van der Waals surface area contributed by atoms with Crippen molar-refractivity contribution in [1.82, 2.24) is 15.5 Å². The minimum Gasteiger partial charge on any atom is -0.480 e. The van der Waals surface area contributed by atoms with E-state index in [2.05, 4.69) is 15.5 Å². The fourth-order valence-electron chi connectivity index (χ4n) is 1.15. The van der Waals surface area contributed by atoms with Gasteiger partial charge in [-0.1, -0.05) is 0 Å². The summed E-state index contributed by atoms with van der Waals surface area (Å²) in [6, 6.07) is 2.74. The third-order valence-corrected chi connectivity index (χ3v) is 2.13. The Morgan fingerprint density at radius 2 is 2.41 bits per heavy atom. The van der Waals surface area contributed by atoms with E-state index >= 15 is 0 Å². The monoisotopic (exact) mass is 237 g/mol. The molecule has 0 radical (unpaired) electrons. The normalized spacial score (nSPS) is 12.5. The van der Waals surface area contributed by atoms with Gasteiger partial charge in [-0.3, -0.25) is 10.1 Å². The van der Waals surface area contributed by atoms with Crippen molar-refractivity contribution in [2.24, 2.45) is 0 Å². The molecule has 0 fully saturated rings. The zero-order chi connectivity index (χ0) is 12.3. The van der Waals surface area contributed by atoms with Crippen LogP contribution in [0.1, 0.15) is 12.8 Å². The molecule has 0 aliphatic carbocycles. The van der Waals surface area contributed by atoms with Gasteiger partial charge in [0.15, 0.2) is 5.76 Å². The molecule has 2 aromatic rings. The van der Waals surface area contributed by atoms with E-state index in [4.69, 9.17) is 13.9 Å². The Kier molecular flexibility index (Phi) is 3.20. The minimum atomic E-state index is -0.934. The van der Waals surface area contributed by atoms with Crippen LogP contribution in [0.25, 0.3) is 11.7 Å². The van der Waals surface area contributed by atoms with Gasteiger partial charge in [0.05, 0.1) is 12.8 Å². The third kappa shape index (κ3) is 2.70. The van der Waals surface area contributed by atoms with Gasteiger partial charge < -0.3 is 13.9 Å². The predicted molar refractivity (Wildman–Crippen MR) is 55.9 cm³/mol. The van der Waals surface area contributed by atoms with Crippen molar-refractivity contribution in [3.8, 4) is 11.7 Å². The second kappa shape index (κ2) is 4.79. The summed E-state index contributed by atoms with van der Waals surface area (Å²) in [5.41, 5.74) is 0. The zero-order valence-electron chi connectivity index (χ0n) is 9.08. The lowest BCUT2D eigenvalue weighted by Crippen LogP contribution is -2.33. The second-order valence-electron chi connectivity index (χ2n) is 3.42. The quantitative estimate of drug-likeness (QED) is 0.796. The molecular weight excluding hydrogens is 226 g/mol. The number of carboxylic acids is 1. The number of hydrogen-bond donors (Lipinski definition) is 2. The van der Waals surface area contributed by atoms with Crippen molar-refractivity contribution in [2.45, 2.75) is 19.5 Å². The summed E-state index contributed by atoms with van der Waals surface area (Å²) in [7, 11) is 0. The largest absolute Gasteiger partial charge is 0.480 e. The van der Waals surface area contributed by atoms with E-state index in [0.29, 0.717) is 11.7 Å². The summed E-state index contributed by atoms with van der Waals surface area (Å²) in [6.45, 7) is 1.73. The van der Waals surface area contributed by atoms with Gasteiger partial charge in [0.1, 0.15) is 6.04 Å². The number of carboxylic acid groups (broad SMARTS) is 1. The molecule has 0 saturated heterocycles. The van der Waals surface area contributed by atoms with Crippen LogP contribution in [-0.4, -0.2) is 27.3 Å². The van der Waals surface area contributed by atoms with Gasteiger partial charge in [0, 0.05) is 0 Å². The summed E-state index contributed by atoms with van der Waals surface area (Å²) >= 11 is 0. The molecule has 7 heteroatoms. The van der Waals surface area contributed by atoms with E-state index in [0.717, 1.165) is 0 Å². The molecule has 2 rings (SSSR count). The van der Waals surface area contributed by atoms with E-state index in [1.807, 2.05) is 0 Å². The van der Waals surface area contributed by atoms with Crippen LogP contribution in [0.3, 0.4) is 0 Å². The van der Waals surface area contributed by atoms with Gasteiger partial charge in [-0.2, -0.15) is 0 Å². The Bertz CT molecular complexity index is 491. The molecule has 0 amide bonds. The molecule has 2 aromatic heterocycles. The van der Waals surface area contributed by atoms with Crippen LogP contribution in [0, 0.1) is 0 Å². The summed E-state index contributed by atoms with van der Waals surface area (Å²) < 4.78 is 10.4. The zero-order valence-corrected chi connectivity index (χ0v) is 9.08. The molecular formula is C10H11N3O4. The SMILES string of the molecule is C[C@@H](NCc1nnc(-c2ccco2)o1)C(=O)O. The maximum Gasteiger partial charge on any atom is 0.320 e. The standard InChI is InChI=1S/C10H11N3O4/c1-6(10(14)15)11-5-8-12-13-9(17-8)7-3-2-4-16-7/h2-4,6,11H,5H2,1H3,(H,14,15)/t6-/m1/s1. The van der Waals surface area contributed by atoms with Crippen molar-refractivity contribution in [1.29, 1.82) is 0 Å². The highest BCUT2D eigenvalue weighted by Gasteiger charge is 2.14. The molecule has 0 aliphatic rings. The average molecular weight is 237 g/mol. The number of aromatic nitrogens is 2. The highest BCUT2D eigenvalue weighted by molar-refractivity contribution is 5.72. The maximum atomic E-state index is 10.6. The van der Waals surface area contributed by atoms with Crippen LogP contribution in [0.15, 0.2) is 27.2 Å². The molecule has 0 bridgehead atoms. The predicted octanol–water partition coefficient (Wildman–Crippen LogP) is 0.892. The molecule has 0 aromatic carbocycles. The lowest BCUT2D eigenvalue weighted by Gasteiger charge is -2.05. The lowest BCUT2D eigenvalue weighted by atomic mass is 10.3. The minimum absolute atomic E-state index is 0.196. The van der Waals surface area contributed by atoms with Gasteiger partial charge in [-0.15, -0.1) is 10.2 Å². The van der Waals surface area contributed by atoms with Crippen molar-refractivity contribution in [3.63, 3.8) is 0 Å². The first-order chi connectivity index (χ1) is 8.16. The number of aliphatic carboxylic acids is 1. The summed E-state index contributed by atoms with van der Waals surface area (Å²) in [6.07, 6.45) is 1.50. The Balaban J connectivity index is 1.97. The lowest BCUT2D eigenvalue weighted by molar-refractivity contribution is -0.139. The van der Waals surface area contributed by atoms with Crippen molar-refractivity contribution < 1.29 is 18.7 Å². The Morgan fingerprint density at radius 3 is 3.06 bits per heavy atom. The molecule has 0 spiro atoms. The molecule has 0 saturated carbocycles. The van der Waals surface area contributed by atoms with Crippen LogP contribution in [0.4, 0.5) is 0 Å². The smallest absolute Gasteiger partial charge is 0.320 e. The van der Waals surface area contributed by atoms with E-state index < -0.39 is 12.0 Å². The highest BCUT2D eigenvalue weighted by Crippen LogP contribution is 2.17. The third-order valence-electron chi connectivity index (χ3n) is 2.13. The van der Waals surface area contributed by atoms with Crippen LogP contribution >= 0.6 is 0 Å². The van der Waals surface area contributed by atoms with Gasteiger partial charge in [-0.05, 0) is 19.1 Å². The maximum absolute atomic E-state index is 10.6. The fraction of sp³-hybridized carbons (Fsp3) is 0.300. The van der Waals surface area contributed by atoms with Crippen molar-refractivity contribution in [3.05, 3.63) is 24.3 Å². The Hall–Kier alpha value is -2.15. The highest BCUT2D eigenvalue weighted by atomic mass is 16.4. The number of nitrogens with zero attached hydrogens (tertiary/aromatic N) is 2. The first-order valence-corrected chi connectivity index (χ1v) is 4.99. The fourth-order valence-corrected chi connectivity index (χ4v) is 1.15. The second-order valence-corrected chi connectivity index (χ2v) is 3.42. The van der Waals surface area contributed by atoms with Crippen molar-refractivity contribution in [2.75, 3.05) is 0 Å². The summed E-state index contributed by atoms with van der Waals surface area (Å²) in [5.74, 6) is 0.130. The van der Waals surface area contributed by atoms with E-state index in [9.17, 15) is 4.79 Å². The van der Waals surface area contributed by atoms with Crippen molar-refractivity contribution >= 4 is 5.97 Å². The summed E-state index contributed by atoms with van der Waals surface area (Å²) in [4.78, 5) is 10.6. The number of hydrogen-bond acceptors (Lipinski definition) is 6.